The van der Waals surface area contributed by atoms with Gasteiger partial charge in [-0.3, -0.25) is 24.6 Å². The molecule has 0 saturated carbocycles. The van der Waals surface area contributed by atoms with Gasteiger partial charge in [0.1, 0.15) is 11.4 Å². The normalized spacial score (nSPS) is 10.9. The Balaban J connectivity index is 1.54. The second kappa shape index (κ2) is 10.9. The summed E-state index contributed by atoms with van der Waals surface area (Å²) >= 11 is 0. The fourth-order valence-corrected chi connectivity index (χ4v) is 4.23. The van der Waals surface area contributed by atoms with Crippen molar-refractivity contribution in [2.24, 2.45) is 0 Å². The maximum Gasteiger partial charge on any atom is 0.312 e. The predicted octanol–water partition coefficient (Wildman–Crippen LogP) is 5.26. The second-order valence-corrected chi connectivity index (χ2v) is 8.82. The summed E-state index contributed by atoms with van der Waals surface area (Å²) in [7, 11) is 0. The summed E-state index contributed by atoms with van der Waals surface area (Å²) in [6.07, 6.45) is 4.46. The SMILES string of the molecule is CCc1ccc(CN(Cc2cccnc2)C(=O)c2ccc(Cn3nc(C)c([N+](=O)[O-])c3C)cc2)cc1. The molecule has 0 saturated heterocycles. The Morgan fingerprint density at radius 3 is 2.17 bits per heavy atom. The van der Waals surface area contributed by atoms with Crippen LogP contribution >= 0.6 is 0 Å². The van der Waals surface area contributed by atoms with Crippen LogP contribution in [0.4, 0.5) is 5.69 Å². The Labute approximate surface area is 210 Å². The quantitative estimate of drug-likeness (QED) is 0.239. The van der Waals surface area contributed by atoms with Crippen molar-refractivity contribution in [3.63, 3.8) is 0 Å². The topological polar surface area (TPSA) is 94.2 Å². The highest BCUT2D eigenvalue weighted by Crippen LogP contribution is 2.23. The number of aromatic nitrogens is 3. The molecule has 0 radical (unpaired) electrons. The van der Waals surface area contributed by atoms with Gasteiger partial charge in [0.25, 0.3) is 5.91 Å². The molecule has 4 aromatic rings. The molecule has 8 nitrogen and oxygen atoms in total. The lowest BCUT2D eigenvalue weighted by atomic mass is 10.1. The third-order valence-electron chi connectivity index (χ3n) is 6.25. The van der Waals surface area contributed by atoms with Crippen molar-refractivity contribution in [3.8, 4) is 0 Å². The molecule has 0 atom stereocenters. The van der Waals surface area contributed by atoms with Gasteiger partial charge in [-0.25, -0.2) is 0 Å². The first-order valence-electron chi connectivity index (χ1n) is 11.9. The van der Waals surface area contributed by atoms with E-state index in [-0.39, 0.29) is 11.6 Å². The van der Waals surface area contributed by atoms with E-state index >= 15 is 0 Å². The van der Waals surface area contributed by atoms with E-state index in [1.807, 2.05) is 29.2 Å². The van der Waals surface area contributed by atoms with Crippen LogP contribution in [0, 0.1) is 24.0 Å². The Morgan fingerprint density at radius 1 is 0.944 bits per heavy atom. The number of hydrogen-bond acceptors (Lipinski definition) is 5. The molecule has 2 heterocycles. The van der Waals surface area contributed by atoms with Crippen molar-refractivity contribution in [1.82, 2.24) is 19.7 Å². The van der Waals surface area contributed by atoms with E-state index in [1.165, 1.54) is 5.56 Å². The lowest BCUT2D eigenvalue weighted by Gasteiger charge is -2.23. The van der Waals surface area contributed by atoms with E-state index in [2.05, 4.69) is 41.3 Å². The molecule has 0 unspecified atom stereocenters. The number of aryl methyl sites for hydroxylation is 2. The minimum Gasteiger partial charge on any atom is -0.330 e. The maximum absolute atomic E-state index is 13.5. The van der Waals surface area contributed by atoms with E-state index in [4.69, 9.17) is 0 Å². The summed E-state index contributed by atoms with van der Waals surface area (Å²) in [5.74, 6) is -0.0771. The minimum absolute atomic E-state index is 0.0415. The number of carbonyl (C=O) groups is 1. The molecular weight excluding hydrogens is 454 g/mol. The van der Waals surface area contributed by atoms with Crippen LogP contribution in [-0.4, -0.2) is 30.5 Å². The van der Waals surface area contributed by atoms with Crippen LogP contribution in [0.5, 0.6) is 0 Å². The van der Waals surface area contributed by atoms with Gasteiger partial charge in [-0.15, -0.1) is 0 Å². The predicted molar refractivity (Wildman–Crippen MR) is 138 cm³/mol. The van der Waals surface area contributed by atoms with Crippen molar-refractivity contribution < 1.29 is 9.72 Å². The van der Waals surface area contributed by atoms with Gasteiger partial charge in [-0.05, 0) is 60.7 Å². The van der Waals surface area contributed by atoms with Gasteiger partial charge < -0.3 is 4.90 Å². The number of benzene rings is 2. The van der Waals surface area contributed by atoms with Crippen molar-refractivity contribution in [1.29, 1.82) is 0 Å². The van der Waals surface area contributed by atoms with E-state index in [0.717, 1.165) is 23.1 Å². The zero-order valence-electron chi connectivity index (χ0n) is 20.7. The molecule has 184 valence electrons. The number of carbonyl (C=O) groups excluding carboxylic acids is 1. The van der Waals surface area contributed by atoms with Crippen LogP contribution in [0.3, 0.4) is 0 Å². The number of pyridine rings is 1. The molecule has 1 amide bonds. The summed E-state index contributed by atoms with van der Waals surface area (Å²) in [6.45, 7) is 6.76. The van der Waals surface area contributed by atoms with Gasteiger partial charge in [0.05, 0.1) is 11.5 Å². The van der Waals surface area contributed by atoms with Gasteiger partial charge in [0.2, 0.25) is 0 Å². The third-order valence-corrected chi connectivity index (χ3v) is 6.25. The van der Waals surface area contributed by atoms with Crippen molar-refractivity contribution in [2.45, 2.75) is 46.8 Å². The molecule has 0 fully saturated rings. The summed E-state index contributed by atoms with van der Waals surface area (Å²) in [4.78, 5) is 30.4. The second-order valence-electron chi connectivity index (χ2n) is 8.82. The van der Waals surface area contributed by atoms with E-state index < -0.39 is 4.92 Å². The Bertz CT molecular complexity index is 1350. The van der Waals surface area contributed by atoms with Crippen LogP contribution < -0.4 is 0 Å². The average Bonchev–Trinajstić information content (AvgIpc) is 3.17. The molecule has 0 aliphatic heterocycles. The van der Waals surface area contributed by atoms with Crippen molar-refractivity contribution in [3.05, 3.63) is 122 Å². The highest BCUT2D eigenvalue weighted by atomic mass is 16.6. The largest absolute Gasteiger partial charge is 0.330 e. The first kappa shape index (κ1) is 24.8. The molecule has 0 spiro atoms. The van der Waals surface area contributed by atoms with Gasteiger partial charge in [0, 0.05) is 31.0 Å². The zero-order chi connectivity index (χ0) is 25.7. The molecular formula is C28H29N5O3. The molecule has 4 rings (SSSR count). The van der Waals surface area contributed by atoms with Crippen LogP contribution in [0.15, 0.2) is 73.1 Å². The lowest BCUT2D eigenvalue weighted by molar-refractivity contribution is -0.386. The van der Waals surface area contributed by atoms with Crippen LogP contribution in [0.2, 0.25) is 0 Å². The molecule has 0 aliphatic carbocycles. The molecule has 2 aromatic heterocycles. The van der Waals surface area contributed by atoms with Crippen LogP contribution in [0.1, 0.15) is 50.9 Å². The smallest absolute Gasteiger partial charge is 0.312 e. The Kier molecular flexibility index (Phi) is 7.53. The standard InChI is InChI=1S/C28H29N5O3/c1-4-22-7-9-23(10-8-22)17-31(18-25-6-5-15-29-16-25)28(34)26-13-11-24(12-14-26)19-32-21(3)27(33(35)36)20(2)30-32/h5-16H,4,17-19H2,1-3H3. The monoisotopic (exact) mass is 483 g/mol. The van der Waals surface area contributed by atoms with Gasteiger partial charge in [-0.2, -0.15) is 5.10 Å². The zero-order valence-corrected chi connectivity index (χ0v) is 20.7. The van der Waals surface area contributed by atoms with E-state index in [0.29, 0.717) is 36.6 Å². The van der Waals surface area contributed by atoms with E-state index in [1.54, 1.807) is 43.1 Å². The summed E-state index contributed by atoms with van der Waals surface area (Å²) < 4.78 is 1.62. The first-order chi connectivity index (χ1) is 17.4. The van der Waals surface area contributed by atoms with Crippen molar-refractivity contribution in [2.75, 3.05) is 0 Å². The van der Waals surface area contributed by atoms with E-state index in [9.17, 15) is 14.9 Å². The third kappa shape index (κ3) is 5.66. The highest BCUT2D eigenvalue weighted by Gasteiger charge is 2.22. The number of nitro groups is 1. The fraction of sp³-hybridized carbons (Fsp3) is 0.250. The highest BCUT2D eigenvalue weighted by molar-refractivity contribution is 5.94. The molecule has 0 bridgehead atoms. The fourth-order valence-electron chi connectivity index (χ4n) is 4.23. The number of nitrogens with zero attached hydrogens (tertiary/aromatic N) is 5. The molecule has 8 heteroatoms. The minimum atomic E-state index is -0.400. The number of amides is 1. The number of rotatable bonds is 9. The van der Waals surface area contributed by atoms with Crippen LogP contribution in [0.25, 0.3) is 0 Å². The molecule has 36 heavy (non-hydrogen) atoms. The van der Waals surface area contributed by atoms with Gasteiger partial charge >= 0.3 is 5.69 Å². The summed E-state index contributed by atoms with van der Waals surface area (Å²) in [5.41, 5.74) is 5.70. The Morgan fingerprint density at radius 2 is 1.58 bits per heavy atom. The lowest BCUT2D eigenvalue weighted by Crippen LogP contribution is -2.30. The molecule has 0 aliphatic rings. The van der Waals surface area contributed by atoms with Gasteiger partial charge in [-0.1, -0.05) is 49.4 Å². The van der Waals surface area contributed by atoms with Gasteiger partial charge in [0.15, 0.2) is 0 Å². The molecule has 2 aromatic carbocycles. The Hall–Kier alpha value is -4.33. The maximum atomic E-state index is 13.5. The first-order valence-corrected chi connectivity index (χ1v) is 11.9. The average molecular weight is 484 g/mol. The van der Waals surface area contributed by atoms with Crippen molar-refractivity contribution >= 4 is 11.6 Å². The number of hydrogen-bond donors (Lipinski definition) is 0. The summed E-state index contributed by atoms with van der Waals surface area (Å²) in [6, 6.07) is 19.5. The summed E-state index contributed by atoms with van der Waals surface area (Å²) in [5, 5.41) is 15.6. The molecule has 0 N–H and O–H groups in total. The van der Waals surface area contributed by atoms with Crippen LogP contribution in [-0.2, 0) is 26.1 Å².